The summed E-state index contributed by atoms with van der Waals surface area (Å²) in [6.45, 7) is 3.08. The molecule has 0 unspecified atom stereocenters. The van der Waals surface area contributed by atoms with Crippen LogP contribution in [0, 0.1) is 6.92 Å². The molecule has 3 rings (SSSR count). The molecule has 13 heteroatoms. The molecule has 0 aromatic carbocycles. The van der Waals surface area contributed by atoms with Gasteiger partial charge in [0.05, 0.1) is 27.2 Å². The minimum Gasteiger partial charge on any atom is -0.462 e. The molecule has 2 heterocycles. The number of carbonyl (C=O) groups excluding carboxylic acids is 3. The van der Waals surface area contributed by atoms with Crippen LogP contribution in [0.25, 0.3) is 0 Å². The zero-order valence-corrected chi connectivity index (χ0v) is 21.4. The Hall–Kier alpha value is -2.41. The average molecular weight is 565 g/mol. The van der Waals surface area contributed by atoms with E-state index in [0.29, 0.717) is 30.5 Å². The number of carbonyl (C=O) groups is 3. The molecule has 1 saturated carbocycles. The van der Waals surface area contributed by atoms with Crippen molar-refractivity contribution < 1.29 is 32.3 Å². The van der Waals surface area contributed by atoms with Gasteiger partial charge in [0.1, 0.15) is 11.5 Å². The highest BCUT2D eigenvalue weighted by Crippen LogP contribution is 2.47. The third-order valence-electron chi connectivity index (χ3n) is 5.10. The van der Waals surface area contributed by atoms with Crippen molar-refractivity contribution in [3.8, 4) is 0 Å². The molecule has 0 saturated heterocycles. The lowest BCUT2D eigenvalue weighted by Gasteiger charge is -2.10. The van der Waals surface area contributed by atoms with Crippen molar-refractivity contribution in [2.75, 3.05) is 26.0 Å². The van der Waals surface area contributed by atoms with Gasteiger partial charge in [0, 0.05) is 20.0 Å². The fourth-order valence-corrected chi connectivity index (χ4v) is 5.39. The zero-order valence-electron chi connectivity index (χ0n) is 19.0. The van der Waals surface area contributed by atoms with Crippen LogP contribution < -0.4 is 5.32 Å². The topological polar surface area (TPSA) is 93.5 Å². The second-order valence-corrected chi connectivity index (χ2v) is 9.94. The molecule has 0 atom stereocenters. The highest BCUT2D eigenvalue weighted by Gasteiger charge is 2.42. The fraction of sp³-hybridized carbons (Fsp3) is 0.524. The summed E-state index contributed by atoms with van der Waals surface area (Å²) in [6.07, 6.45) is -2.68. The first-order valence-corrected chi connectivity index (χ1v) is 12.1. The summed E-state index contributed by atoms with van der Waals surface area (Å²) in [5, 5.41) is 6.31. The molecule has 0 bridgehead atoms. The van der Waals surface area contributed by atoms with Crippen LogP contribution in [0.2, 0.25) is 0 Å². The van der Waals surface area contributed by atoms with E-state index < -0.39 is 30.3 Å². The number of hydrogen-bond donors (Lipinski definition) is 1. The summed E-state index contributed by atoms with van der Waals surface area (Å²) in [6, 6.07) is 0. The molecule has 0 radical (unpaired) electrons. The van der Waals surface area contributed by atoms with Crippen LogP contribution >= 0.6 is 27.3 Å². The smallest absolute Gasteiger partial charge is 0.436 e. The number of nitrogens with zero attached hydrogens (tertiary/aromatic N) is 3. The number of nitrogens with one attached hydrogen (secondary N) is 1. The Bertz CT molecular complexity index is 1120. The number of ether oxygens (including phenoxy) is 1. The third-order valence-corrected chi connectivity index (χ3v) is 7.08. The van der Waals surface area contributed by atoms with Crippen molar-refractivity contribution in [3.63, 3.8) is 0 Å². The van der Waals surface area contributed by atoms with Crippen LogP contribution in [0.3, 0.4) is 0 Å². The molecule has 1 fully saturated rings. The van der Waals surface area contributed by atoms with Crippen molar-refractivity contribution in [3.05, 3.63) is 31.9 Å². The Morgan fingerprint density at radius 2 is 1.94 bits per heavy atom. The lowest BCUT2D eigenvalue weighted by atomic mass is 10.1. The van der Waals surface area contributed by atoms with Crippen LogP contribution in [0.1, 0.15) is 69.1 Å². The van der Waals surface area contributed by atoms with E-state index >= 15 is 0 Å². The molecular weight excluding hydrogens is 541 g/mol. The van der Waals surface area contributed by atoms with E-state index in [1.807, 2.05) is 6.92 Å². The maximum absolute atomic E-state index is 13.3. The van der Waals surface area contributed by atoms with Crippen LogP contribution in [-0.4, -0.2) is 53.2 Å². The summed E-state index contributed by atoms with van der Waals surface area (Å²) >= 11 is 3.91. The van der Waals surface area contributed by atoms with Crippen molar-refractivity contribution in [2.24, 2.45) is 0 Å². The van der Waals surface area contributed by atoms with Gasteiger partial charge in [-0.1, -0.05) is 6.92 Å². The SMILES string of the molecule is CCCOC(=O)c1c(NC(=O)Cn2nc(C(F)(F)F)c(Br)c2C2CC2)sc(C(=O)N(C)C)c1C. The lowest BCUT2D eigenvalue weighted by molar-refractivity contribution is -0.142. The molecular formula is C21H24BrF3N4O4S. The van der Waals surface area contributed by atoms with E-state index in [9.17, 15) is 27.6 Å². The first-order valence-electron chi connectivity index (χ1n) is 10.5. The summed E-state index contributed by atoms with van der Waals surface area (Å²) < 4.78 is 46.1. The Labute approximate surface area is 206 Å². The Kier molecular flexibility index (Phi) is 7.75. The Balaban J connectivity index is 1.92. The van der Waals surface area contributed by atoms with Crippen molar-refractivity contribution >= 4 is 50.1 Å². The van der Waals surface area contributed by atoms with Gasteiger partial charge in [0.2, 0.25) is 5.91 Å². The average Bonchev–Trinajstić information content (AvgIpc) is 3.44. The number of hydrogen-bond acceptors (Lipinski definition) is 6. The number of halogens is 4. The number of anilines is 1. The number of amides is 2. The lowest BCUT2D eigenvalue weighted by Crippen LogP contribution is -2.22. The van der Waals surface area contributed by atoms with Crippen LogP contribution in [-0.2, 0) is 22.3 Å². The molecule has 8 nitrogen and oxygen atoms in total. The molecule has 1 aliphatic carbocycles. The van der Waals surface area contributed by atoms with Gasteiger partial charge in [0.25, 0.3) is 5.91 Å². The number of esters is 1. The Morgan fingerprint density at radius 1 is 1.29 bits per heavy atom. The molecule has 2 amide bonds. The molecule has 0 aliphatic heterocycles. The van der Waals surface area contributed by atoms with Gasteiger partial charge in [-0.05, 0) is 47.7 Å². The summed E-state index contributed by atoms with van der Waals surface area (Å²) in [4.78, 5) is 39.7. The molecule has 0 spiro atoms. The monoisotopic (exact) mass is 564 g/mol. The molecule has 1 N–H and O–H groups in total. The van der Waals surface area contributed by atoms with E-state index in [2.05, 4.69) is 26.3 Å². The molecule has 34 heavy (non-hydrogen) atoms. The largest absolute Gasteiger partial charge is 0.462 e. The maximum atomic E-state index is 13.3. The van der Waals surface area contributed by atoms with Gasteiger partial charge >= 0.3 is 12.1 Å². The number of thiophene rings is 1. The van der Waals surface area contributed by atoms with Gasteiger partial charge in [-0.25, -0.2) is 4.79 Å². The Morgan fingerprint density at radius 3 is 2.47 bits per heavy atom. The van der Waals surface area contributed by atoms with Crippen LogP contribution in [0.15, 0.2) is 4.47 Å². The van der Waals surface area contributed by atoms with Crippen LogP contribution in [0.5, 0.6) is 0 Å². The fourth-order valence-electron chi connectivity index (χ4n) is 3.33. The molecule has 1 aliphatic rings. The molecule has 2 aromatic heterocycles. The van der Waals surface area contributed by atoms with Crippen molar-refractivity contribution in [1.29, 1.82) is 0 Å². The van der Waals surface area contributed by atoms with Gasteiger partial charge in [-0.2, -0.15) is 18.3 Å². The third kappa shape index (κ3) is 5.45. The van der Waals surface area contributed by atoms with Gasteiger partial charge in [0.15, 0.2) is 5.69 Å². The second-order valence-electron chi connectivity index (χ2n) is 8.12. The standard InChI is InChI=1S/C21H24BrF3N4O4S/c1-5-8-33-20(32)13-10(2)16(19(31)28(3)4)34-18(13)26-12(30)9-29-15(11-6-7-11)14(22)17(27-29)21(23,24)25/h11H,5-9H2,1-4H3,(H,26,30). The van der Waals surface area contributed by atoms with E-state index in [4.69, 9.17) is 4.74 Å². The zero-order chi connectivity index (χ0) is 25.4. The first-order chi connectivity index (χ1) is 15.9. The van der Waals surface area contributed by atoms with E-state index in [0.717, 1.165) is 16.0 Å². The maximum Gasteiger partial charge on any atom is 0.436 e. The van der Waals surface area contributed by atoms with Crippen LogP contribution in [0.4, 0.5) is 18.2 Å². The van der Waals surface area contributed by atoms with E-state index in [1.165, 1.54) is 4.90 Å². The van der Waals surface area contributed by atoms with Gasteiger partial charge in [-0.3, -0.25) is 14.3 Å². The molecule has 186 valence electrons. The van der Waals surface area contributed by atoms with Gasteiger partial charge in [-0.15, -0.1) is 11.3 Å². The molecule has 2 aromatic rings. The van der Waals surface area contributed by atoms with E-state index in [-0.39, 0.29) is 38.3 Å². The van der Waals surface area contributed by atoms with Gasteiger partial charge < -0.3 is 15.0 Å². The van der Waals surface area contributed by atoms with E-state index in [1.54, 1.807) is 21.0 Å². The number of rotatable bonds is 8. The summed E-state index contributed by atoms with van der Waals surface area (Å²) in [5.74, 6) is -1.84. The minimum absolute atomic E-state index is 0.0528. The number of aromatic nitrogens is 2. The highest BCUT2D eigenvalue weighted by molar-refractivity contribution is 9.10. The predicted octanol–water partition coefficient (Wildman–Crippen LogP) is 4.82. The second kappa shape index (κ2) is 10.1. The summed E-state index contributed by atoms with van der Waals surface area (Å²) in [5.41, 5.74) is -0.357. The van der Waals surface area contributed by atoms with Crippen molar-refractivity contribution in [1.82, 2.24) is 14.7 Å². The summed E-state index contributed by atoms with van der Waals surface area (Å²) in [7, 11) is 3.12. The van der Waals surface area contributed by atoms with Crippen molar-refractivity contribution in [2.45, 2.75) is 51.7 Å². The first kappa shape index (κ1) is 26.2. The predicted molar refractivity (Wildman–Crippen MR) is 123 cm³/mol. The normalized spacial score (nSPS) is 13.6. The minimum atomic E-state index is -4.67. The number of alkyl halides is 3. The quantitative estimate of drug-likeness (QED) is 0.464. The highest BCUT2D eigenvalue weighted by atomic mass is 79.9.